The van der Waals surface area contributed by atoms with Crippen LogP contribution >= 0.6 is 31.9 Å². The van der Waals surface area contributed by atoms with Crippen molar-refractivity contribution in [1.29, 1.82) is 0 Å². The van der Waals surface area contributed by atoms with Crippen LogP contribution in [0.15, 0.2) is 40.2 Å². The van der Waals surface area contributed by atoms with Crippen LogP contribution in [0.4, 0.5) is 5.82 Å². The summed E-state index contributed by atoms with van der Waals surface area (Å²) < 4.78 is 7.94. The van der Waals surface area contributed by atoms with Crippen LogP contribution in [0.1, 0.15) is 17.4 Å². The number of aromatic nitrogens is 5. The molecule has 0 aromatic carbocycles. The number of esters is 1. The first kappa shape index (κ1) is 17.3. The zero-order chi connectivity index (χ0) is 16.8. The van der Waals surface area contributed by atoms with Crippen molar-refractivity contribution in [2.24, 2.45) is 0 Å². The second-order valence-corrected chi connectivity index (χ2v) is 5.71. The molecule has 3 rings (SSSR count). The number of nitrogens with two attached hydrogens (primary N) is 1. The molecule has 0 amide bonds. The highest BCUT2D eigenvalue weighted by molar-refractivity contribution is 9.10. The first-order valence-corrected chi connectivity index (χ1v) is 7.98. The zero-order valence-corrected chi connectivity index (χ0v) is 15.2. The Morgan fingerprint density at radius 1 is 1.17 bits per heavy atom. The maximum atomic E-state index is 11.4. The van der Waals surface area contributed by atoms with Crippen LogP contribution in [0.3, 0.4) is 0 Å². The average molecular weight is 444 g/mol. The van der Waals surface area contributed by atoms with Gasteiger partial charge >= 0.3 is 5.97 Å². The molecule has 23 heavy (non-hydrogen) atoms. The van der Waals surface area contributed by atoms with Gasteiger partial charge < -0.3 is 14.9 Å². The number of carbonyl (C=O) groups is 1. The van der Waals surface area contributed by atoms with Crippen LogP contribution in [-0.2, 0) is 4.74 Å². The van der Waals surface area contributed by atoms with E-state index in [0.29, 0.717) is 27.3 Å². The monoisotopic (exact) mass is 442 g/mol. The molecule has 10 heteroatoms. The van der Waals surface area contributed by atoms with Gasteiger partial charge in [0.2, 0.25) is 0 Å². The van der Waals surface area contributed by atoms with Crippen molar-refractivity contribution in [2.75, 3.05) is 12.3 Å². The summed E-state index contributed by atoms with van der Waals surface area (Å²) in [5.74, 6) is 0.0190. The fourth-order valence-corrected chi connectivity index (χ4v) is 2.03. The largest absolute Gasteiger partial charge is 0.461 e. The van der Waals surface area contributed by atoms with E-state index in [1.54, 1.807) is 36.1 Å². The molecule has 2 N–H and O–H groups in total. The summed E-state index contributed by atoms with van der Waals surface area (Å²) in [6.45, 7) is 2.10. The molecule has 0 bridgehead atoms. The molecule has 0 aliphatic heterocycles. The molecule has 0 spiro atoms. The number of ether oxygens (including phenoxy) is 1. The molecular weight excluding hydrogens is 432 g/mol. The van der Waals surface area contributed by atoms with Gasteiger partial charge in [-0.05, 0) is 38.8 Å². The normalized spacial score (nSPS) is 10.0. The first-order valence-electron chi connectivity index (χ1n) is 6.40. The minimum atomic E-state index is -0.419. The number of nitrogen functional groups attached to an aromatic ring is 1. The van der Waals surface area contributed by atoms with Gasteiger partial charge in [0.1, 0.15) is 15.0 Å². The van der Waals surface area contributed by atoms with Crippen molar-refractivity contribution >= 4 is 49.3 Å². The van der Waals surface area contributed by atoms with E-state index in [-0.39, 0.29) is 5.69 Å². The van der Waals surface area contributed by atoms with Gasteiger partial charge in [0.05, 0.1) is 25.2 Å². The Kier molecular flexibility index (Phi) is 5.99. The number of anilines is 1. The summed E-state index contributed by atoms with van der Waals surface area (Å²) in [6, 6.07) is 0. The molecule has 120 valence electrons. The van der Waals surface area contributed by atoms with Crippen LogP contribution in [0.25, 0.3) is 5.65 Å². The zero-order valence-electron chi connectivity index (χ0n) is 12.0. The maximum absolute atomic E-state index is 11.4. The van der Waals surface area contributed by atoms with E-state index in [2.05, 4.69) is 51.8 Å². The van der Waals surface area contributed by atoms with Crippen LogP contribution in [-0.4, -0.2) is 36.9 Å². The standard InChI is InChI=1S/C9H8BrN3O2.C4H4BrN3/c1-2-15-9(14)6-4-13-5-7(10)11-3-8(13)12-6;5-3-1-8-4(6)2-7-3/h3-5H,2H2,1H3;1-2H,(H2,6,8). The second-order valence-electron chi connectivity index (χ2n) is 4.09. The molecule has 0 atom stereocenters. The van der Waals surface area contributed by atoms with Gasteiger partial charge in [0.25, 0.3) is 0 Å². The van der Waals surface area contributed by atoms with Gasteiger partial charge in [0, 0.05) is 12.4 Å². The van der Waals surface area contributed by atoms with E-state index >= 15 is 0 Å². The van der Waals surface area contributed by atoms with E-state index < -0.39 is 5.97 Å². The Hall–Kier alpha value is -2.07. The lowest BCUT2D eigenvalue weighted by Crippen LogP contribution is -2.04. The number of halogens is 2. The molecule has 0 fully saturated rings. The van der Waals surface area contributed by atoms with Crippen LogP contribution in [0, 0.1) is 0 Å². The lowest BCUT2D eigenvalue weighted by atomic mass is 10.5. The first-order chi connectivity index (χ1) is 11.0. The molecule has 0 saturated heterocycles. The van der Waals surface area contributed by atoms with E-state index in [4.69, 9.17) is 10.5 Å². The molecule has 8 nitrogen and oxygen atoms in total. The topological polar surface area (TPSA) is 108 Å². The summed E-state index contributed by atoms with van der Waals surface area (Å²) >= 11 is 6.35. The summed E-state index contributed by atoms with van der Waals surface area (Å²) in [7, 11) is 0. The smallest absolute Gasteiger partial charge is 0.358 e. The molecule has 3 aromatic rings. The van der Waals surface area contributed by atoms with Crippen molar-refractivity contribution in [3.05, 3.63) is 45.9 Å². The number of imidazole rings is 1. The van der Waals surface area contributed by atoms with E-state index in [1.165, 1.54) is 6.20 Å². The molecule has 3 heterocycles. The molecule has 3 aromatic heterocycles. The number of nitrogens with zero attached hydrogens (tertiary/aromatic N) is 5. The Morgan fingerprint density at radius 2 is 1.91 bits per heavy atom. The number of carbonyl (C=O) groups excluding carboxylic acids is 1. The Morgan fingerprint density at radius 3 is 2.52 bits per heavy atom. The summed E-state index contributed by atoms with van der Waals surface area (Å²) in [4.78, 5) is 27.0. The number of rotatable bonds is 2. The van der Waals surface area contributed by atoms with Crippen LogP contribution in [0.2, 0.25) is 0 Å². The number of hydrogen-bond acceptors (Lipinski definition) is 7. The molecule has 0 saturated carbocycles. The lowest BCUT2D eigenvalue weighted by Gasteiger charge is -1.95. The van der Waals surface area contributed by atoms with Crippen LogP contribution < -0.4 is 5.73 Å². The average Bonchev–Trinajstić information content (AvgIpc) is 2.94. The summed E-state index contributed by atoms with van der Waals surface area (Å²) in [5.41, 5.74) is 6.13. The summed E-state index contributed by atoms with van der Waals surface area (Å²) in [6.07, 6.45) is 7.96. The highest BCUT2D eigenvalue weighted by Crippen LogP contribution is 2.09. The third-order valence-corrected chi connectivity index (χ3v) is 3.25. The highest BCUT2D eigenvalue weighted by atomic mass is 79.9. The van der Waals surface area contributed by atoms with E-state index in [9.17, 15) is 4.79 Å². The van der Waals surface area contributed by atoms with Crippen molar-refractivity contribution in [1.82, 2.24) is 24.3 Å². The van der Waals surface area contributed by atoms with Crippen molar-refractivity contribution in [3.8, 4) is 0 Å². The molecular formula is C13H12Br2N6O2. The van der Waals surface area contributed by atoms with Crippen molar-refractivity contribution in [3.63, 3.8) is 0 Å². The van der Waals surface area contributed by atoms with Crippen molar-refractivity contribution in [2.45, 2.75) is 6.92 Å². The van der Waals surface area contributed by atoms with Gasteiger partial charge in [0.15, 0.2) is 11.3 Å². The maximum Gasteiger partial charge on any atom is 0.358 e. The predicted octanol–water partition coefficient (Wildman–Crippen LogP) is 2.49. The van der Waals surface area contributed by atoms with Gasteiger partial charge in [-0.25, -0.2) is 24.7 Å². The second kappa shape index (κ2) is 7.97. The van der Waals surface area contributed by atoms with Gasteiger partial charge in [-0.15, -0.1) is 0 Å². The number of fused-ring (bicyclic) bond motifs is 1. The molecule has 0 aliphatic carbocycles. The van der Waals surface area contributed by atoms with E-state index in [0.717, 1.165) is 0 Å². The fourth-order valence-electron chi connectivity index (χ4n) is 1.50. The van der Waals surface area contributed by atoms with Gasteiger partial charge in [-0.1, -0.05) is 0 Å². The summed E-state index contributed by atoms with van der Waals surface area (Å²) in [5, 5.41) is 0. The third-order valence-electron chi connectivity index (χ3n) is 2.43. The molecule has 0 aliphatic rings. The Balaban J connectivity index is 0.000000203. The van der Waals surface area contributed by atoms with Crippen molar-refractivity contribution < 1.29 is 9.53 Å². The molecule has 0 radical (unpaired) electrons. The quantitative estimate of drug-likeness (QED) is 0.606. The Labute approximate surface area is 148 Å². The predicted molar refractivity (Wildman–Crippen MR) is 90.8 cm³/mol. The van der Waals surface area contributed by atoms with Crippen LogP contribution in [0.5, 0.6) is 0 Å². The number of hydrogen-bond donors (Lipinski definition) is 1. The SMILES string of the molecule is CCOC(=O)c1cn2cc(Br)ncc2n1.Nc1cnc(Br)cn1. The Bertz CT molecular complexity index is 785. The van der Waals surface area contributed by atoms with Gasteiger partial charge in [-0.2, -0.15) is 0 Å². The van der Waals surface area contributed by atoms with E-state index in [1.807, 2.05) is 0 Å². The lowest BCUT2D eigenvalue weighted by molar-refractivity contribution is 0.0520. The minimum Gasteiger partial charge on any atom is -0.461 e. The minimum absolute atomic E-state index is 0.289. The van der Waals surface area contributed by atoms with Gasteiger partial charge in [-0.3, -0.25) is 0 Å². The highest BCUT2D eigenvalue weighted by Gasteiger charge is 2.11. The third kappa shape index (κ3) is 4.96. The molecule has 0 unspecified atom stereocenters. The fraction of sp³-hybridized carbons (Fsp3) is 0.154.